The van der Waals surface area contributed by atoms with Crippen LogP contribution in [0.4, 0.5) is 8.78 Å². The van der Waals surface area contributed by atoms with Gasteiger partial charge in [0.25, 0.3) is 0 Å². The van der Waals surface area contributed by atoms with Gasteiger partial charge in [-0.1, -0.05) is 30.3 Å². The fourth-order valence-corrected chi connectivity index (χ4v) is 3.65. The van der Waals surface area contributed by atoms with Crippen LogP contribution in [-0.4, -0.2) is 45.4 Å². The first-order valence-electron chi connectivity index (χ1n) is 10.4. The van der Waals surface area contributed by atoms with Gasteiger partial charge in [-0.2, -0.15) is 0 Å². The lowest BCUT2D eigenvalue weighted by molar-refractivity contribution is -0.140. The van der Waals surface area contributed by atoms with Gasteiger partial charge in [0, 0.05) is 25.0 Å². The molecule has 1 heterocycles. The van der Waals surface area contributed by atoms with Gasteiger partial charge in [-0.3, -0.25) is 14.4 Å². The molecule has 172 valence electrons. The van der Waals surface area contributed by atoms with Crippen LogP contribution in [-0.2, 0) is 14.4 Å². The fraction of sp³-hybridized carbons (Fsp3) is 0.240. The predicted molar refractivity (Wildman–Crippen MR) is 117 cm³/mol. The molecular formula is C25H23F2NO5. The Morgan fingerprint density at radius 3 is 2.00 bits per heavy atom. The van der Waals surface area contributed by atoms with Gasteiger partial charge in [-0.15, -0.1) is 0 Å². The zero-order valence-electron chi connectivity index (χ0n) is 17.7. The first-order chi connectivity index (χ1) is 15.7. The summed E-state index contributed by atoms with van der Waals surface area (Å²) in [6, 6.07) is 11.2. The summed E-state index contributed by atoms with van der Waals surface area (Å²) in [6.07, 6.45) is 1.39. The lowest BCUT2D eigenvalue weighted by Gasteiger charge is -2.23. The van der Waals surface area contributed by atoms with Crippen LogP contribution in [0.1, 0.15) is 36.8 Å². The van der Waals surface area contributed by atoms with E-state index in [9.17, 15) is 28.3 Å². The van der Waals surface area contributed by atoms with E-state index in [0.29, 0.717) is 41.8 Å². The number of amides is 1. The van der Waals surface area contributed by atoms with Crippen LogP contribution in [0.3, 0.4) is 0 Å². The van der Waals surface area contributed by atoms with Crippen molar-refractivity contribution >= 4 is 23.2 Å². The van der Waals surface area contributed by atoms with Gasteiger partial charge in [-0.25, -0.2) is 8.78 Å². The number of Topliss-reactive ketones (excluding diaryl/α,β-unsaturated/α-hetero) is 1. The molecule has 0 aliphatic carbocycles. The van der Waals surface area contributed by atoms with Crippen molar-refractivity contribution in [3.8, 4) is 0 Å². The molecule has 1 aliphatic rings. The maximum absolute atomic E-state index is 13.6. The van der Waals surface area contributed by atoms with Gasteiger partial charge in [-0.05, 0) is 47.9 Å². The molecule has 0 bridgehead atoms. The van der Waals surface area contributed by atoms with Gasteiger partial charge >= 0.3 is 5.97 Å². The number of aliphatic carboxylic acids is 1. The summed E-state index contributed by atoms with van der Waals surface area (Å²) >= 11 is 0. The number of carboxylic acids is 1. The first-order valence-corrected chi connectivity index (χ1v) is 10.4. The Morgan fingerprint density at radius 1 is 1.00 bits per heavy atom. The lowest BCUT2D eigenvalue weighted by atomic mass is 9.94. The van der Waals surface area contributed by atoms with Gasteiger partial charge in [0.05, 0.1) is 11.8 Å². The average molecular weight is 455 g/mol. The van der Waals surface area contributed by atoms with Crippen LogP contribution in [0.2, 0.25) is 0 Å². The number of aliphatic hydroxyl groups excluding tert-OH is 1. The highest BCUT2D eigenvalue weighted by molar-refractivity contribution is 5.95. The number of allylic oxidation sites excluding steroid dienone is 1. The van der Waals surface area contributed by atoms with Crippen molar-refractivity contribution in [1.82, 2.24) is 4.90 Å². The maximum Gasteiger partial charge on any atom is 0.310 e. The van der Waals surface area contributed by atoms with Crippen LogP contribution >= 0.6 is 0 Å². The zero-order valence-corrected chi connectivity index (χ0v) is 17.7. The second kappa shape index (κ2) is 10.8. The molecule has 3 rings (SSSR count). The number of ketones is 1. The number of benzene rings is 2. The first kappa shape index (κ1) is 24.0. The number of carbonyl (C=O) groups is 3. The smallest absolute Gasteiger partial charge is 0.310 e. The van der Waals surface area contributed by atoms with Crippen LogP contribution < -0.4 is 0 Å². The van der Waals surface area contributed by atoms with Crippen molar-refractivity contribution in [2.45, 2.75) is 31.8 Å². The zero-order chi connectivity index (χ0) is 24.0. The Hall–Kier alpha value is -3.65. The third-order valence-corrected chi connectivity index (χ3v) is 5.15. The Labute approximate surface area is 189 Å². The summed E-state index contributed by atoms with van der Waals surface area (Å²) in [5.74, 6) is -2.96. The number of carboxylic acid groups (broad SMARTS) is 1. The molecule has 1 unspecified atom stereocenters. The summed E-state index contributed by atoms with van der Waals surface area (Å²) in [6.45, 7) is 0.415. The third kappa shape index (κ3) is 6.43. The Bertz CT molecular complexity index is 1040. The number of hydrogen-bond acceptors (Lipinski definition) is 4. The molecule has 6 nitrogen and oxygen atoms in total. The second-order valence-corrected chi connectivity index (χ2v) is 7.66. The van der Waals surface area contributed by atoms with Crippen molar-refractivity contribution < 1.29 is 33.4 Å². The monoisotopic (exact) mass is 455 g/mol. The van der Waals surface area contributed by atoms with Crippen molar-refractivity contribution in [1.29, 1.82) is 0 Å². The number of likely N-dealkylation sites (tertiary alicyclic amines) is 1. The predicted octanol–water partition coefficient (Wildman–Crippen LogP) is 3.70. The number of rotatable bonds is 9. The van der Waals surface area contributed by atoms with E-state index in [4.69, 9.17) is 5.11 Å². The van der Waals surface area contributed by atoms with E-state index < -0.39 is 42.3 Å². The van der Waals surface area contributed by atoms with E-state index in [0.717, 1.165) is 0 Å². The topological polar surface area (TPSA) is 94.9 Å². The number of carbonyl (C=O) groups excluding carboxylic acids is 2. The molecule has 1 amide bonds. The Morgan fingerprint density at radius 2 is 1.55 bits per heavy atom. The molecule has 0 spiro atoms. The maximum atomic E-state index is 13.6. The molecule has 0 aromatic heterocycles. The minimum Gasteiger partial charge on any atom is -0.481 e. The molecule has 8 heteroatoms. The normalized spacial score (nSPS) is 14.5. The molecule has 2 aromatic rings. The number of hydrogen-bond donors (Lipinski definition) is 2. The summed E-state index contributed by atoms with van der Waals surface area (Å²) in [4.78, 5) is 36.6. The molecule has 2 N–H and O–H groups in total. The van der Waals surface area contributed by atoms with Crippen LogP contribution in [0.15, 0.2) is 66.4 Å². The molecule has 33 heavy (non-hydrogen) atoms. The minimum absolute atomic E-state index is 0.146. The van der Waals surface area contributed by atoms with E-state index in [-0.39, 0.29) is 5.91 Å². The fourth-order valence-electron chi connectivity index (χ4n) is 3.65. The summed E-state index contributed by atoms with van der Waals surface area (Å²) in [7, 11) is 0. The van der Waals surface area contributed by atoms with E-state index >= 15 is 0 Å². The van der Waals surface area contributed by atoms with Crippen LogP contribution in [0.5, 0.6) is 0 Å². The van der Waals surface area contributed by atoms with Crippen molar-refractivity contribution in [2.24, 2.45) is 0 Å². The largest absolute Gasteiger partial charge is 0.481 e. The third-order valence-electron chi connectivity index (χ3n) is 5.15. The number of nitrogens with zero attached hydrogens (tertiary/aromatic N) is 1. The van der Waals surface area contributed by atoms with Crippen molar-refractivity contribution in [3.05, 3.63) is 89.1 Å². The summed E-state index contributed by atoms with van der Waals surface area (Å²) < 4.78 is 27.2. The SMILES string of the molecule is O=C(O)CC(=O)CC(O)/C=C/C(=C(c1ccc(F)cc1)c1ccc(F)cc1)N1CCCC1=O. The Kier molecular flexibility index (Phi) is 7.84. The highest BCUT2D eigenvalue weighted by atomic mass is 19.1. The van der Waals surface area contributed by atoms with Gasteiger partial charge in [0.1, 0.15) is 23.8 Å². The second-order valence-electron chi connectivity index (χ2n) is 7.66. The lowest BCUT2D eigenvalue weighted by Crippen LogP contribution is -2.25. The molecule has 1 fully saturated rings. The van der Waals surface area contributed by atoms with Crippen molar-refractivity contribution in [2.75, 3.05) is 6.54 Å². The standard InChI is InChI=1S/C25H23F2NO5/c26-18-7-3-16(4-8-18)25(17-5-9-19(27)10-6-17)22(28-13-1-2-23(28)31)12-11-20(29)14-21(30)15-24(32)33/h3-12,20,29H,1-2,13-15H2,(H,32,33)/b12-11+. The highest BCUT2D eigenvalue weighted by Crippen LogP contribution is 2.32. The van der Waals surface area contributed by atoms with Gasteiger partial charge in [0.15, 0.2) is 0 Å². The summed E-state index contributed by atoms with van der Waals surface area (Å²) in [5, 5.41) is 19.0. The van der Waals surface area contributed by atoms with Gasteiger partial charge < -0.3 is 15.1 Å². The molecule has 2 aromatic carbocycles. The molecule has 1 aliphatic heterocycles. The molecular weight excluding hydrogens is 432 g/mol. The van der Waals surface area contributed by atoms with E-state index in [2.05, 4.69) is 0 Å². The average Bonchev–Trinajstić information content (AvgIpc) is 3.18. The molecule has 0 saturated carbocycles. The molecule has 0 radical (unpaired) electrons. The Balaban J connectivity index is 2.10. The van der Waals surface area contributed by atoms with E-state index in [1.165, 1.54) is 65.6 Å². The molecule has 1 saturated heterocycles. The van der Waals surface area contributed by atoms with E-state index in [1.54, 1.807) is 0 Å². The van der Waals surface area contributed by atoms with Crippen LogP contribution in [0, 0.1) is 11.6 Å². The van der Waals surface area contributed by atoms with Crippen LogP contribution in [0.25, 0.3) is 5.57 Å². The van der Waals surface area contributed by atoms with Gasteiger partial charge in [0.2, 0.25) is 5.91 Å². The number of halogens is 2. The van der Waals surface area contributed by atoms with E-state index in [1.807, 2.05) is 0 Å². The molecule has 1 atom stereocenters. The van der Waals surface area contributed by atoms with Crippen molar-refractivity contribution in [3.63, 3.8) is 0 Å². The number of aliphatic hydroxyl groups is 1. The highest BCUT2D eigenvalue weighted by Gasteiger charge is 2.26. The summed E-state index contributed by atoms with van der Waals surface area (Å²) in [5.41, 5.74) is 2.06. The quantitative estimate of drug-likeness (QED) is 0.444. The minimum atomic E-state index is -1.28.